The third kappa shape index (κ3) is 24.5. The first-order valence-corrected chi connectivity index (χ1v) is 24.7. The number of rotatable bonds is 15. The minimum absolute atomic E-state index is 0.139. The third-order valence-corrected chi connectivity index (χ3v) is 10.8. The van der Waals surface area contributed by atoms with E-state index in [9.17, 15) is 9.90 Å². The first-order chi connectivity index (χ1) is 21.4. The lowest BCUT2D eigenvalue weighted by molar-refractivity contribution is -0.113. The van der Waals surface area contributed by atoms with Gasteiger partial charge in [-0.25, -0.2) is 4.98 Å². The second-order valence-electron chi connectivity index (χ2n) is 16.5. The summed E-state index contributed by atoms with van der Waals surface area (Å²) in [6, 6.07) is 10.2. The van der Waals surface area contributed by atoms with Crippen LogP contribution in [0.3, 0.4) is 0 Å². The topological polar surface area (TPSA) is 100 Å². The Morgan fingerprint density at radius 2 is 1.15 bits per heavy atom. The monoisotopic (exact) mass is 756 g/mol. The van der Waals surface area contributed by atoms with E-state index in [1.165, 1.54) is 6.04 Å². The Labute approximate surface area is 296 Å². The fourth-order valence-corrected chi connectivity index (χ4v) is 5.13. The molecule has 1 atom stereocenters. The molecule has 1 unspecified atom stereocenters. The molecule has 8 nitrogen and oxygen atoms in total. The van der Waals surface area contributed by atoms with E-state index >= 15 is 0 Å². The maximum Gasteiger partial charge on any atom is 0.147 e. The van der Waals surface area contributed by atoms with E-state index in [0.717, 1.165) is 58.4 Å². The van der Waals surface area contributed by atoms with Gasteiger partial charge in [0.1, 0.15) is 30.6 Å². The molecule has 2 rings (SSSR count). The van der Waals surface area contributed by atoms with Gasteiger partial charge in [0.2, 0.25) is 0 Å². The summed E-state index contributed by atoms with van der Waals surface area (Å²) < 4.78 is 22.8. The Bertz CT molecular complexity index is 1170. The minimum atomic E-state index is -1.05. The van der Waals surface area contributed by atoms with Crippen molar-refractivity contribution in [3.63, 3.8) is 0 Å². The van der Waals surface area contributed by atoms with Crippen molar-refractivity contribution in [2.75, 3.05) is 26.8 Å². The zero-order valence-corrected chi connectivity index (χ0v) is 35.5. The number of nitrogens with zero attached hydrogens (tertiary/aromatic N) is 2. The highest BCUT2D eigenvalue weighted by atomic mass is 79.9. The van der Waals surface area contributed by atoms with E-state index in [-0.39, 0.29) is 17.6 Å². The molecule has 0 saturated heterocycles. The molecule has 0 spiro atoms. The molecule has 2 heterocycles. The molecule has 0 bridgehead atoms. The molecule has 47 heavy (non-hydrogen) atoms. The van der Waals surface area contributed by atoms with Gasteiger partial charge in [-0.3, -0.25) is 4.98 Å². The summed E-state index contributed by atoms with van der Waals surface area (Å²) in [6.07, 6.45) is 0.350. The molecule has 1 N–H and O–H groups in total. The van der Waals surface area contributed by atoms with E-state index in [1.54, 1.807) is 0 Å². The second kappa shape index (κ2) is 21.7. The first kappa shape index (κ1) is 45.7. The highest BCUT2D eigenvalue weighted by Gasteiger charge is 2.26. The molecular formula is C36H65BrN2O6Si2. The average Bonchev–Trinajstić information content (AvgIpc) is 2.93. The zero-order chi connectivity index (χ0) is 36.5. The van der Waals surface area contributed by atoms with Crippen molar-refractivity contribution in [1.29, 1.82) is 0 Å². The van der Waals surface area contributed by atoms with Crippen molar-refractivity contribution < 1.29 is 28.8 Å². The van der Waals surface area contributed by atoms with E-state index in [1.807, 2.05) is 79.7 Å². The summed E-state index contributed by atoms with van der Waals surface area (Å²) in [5.41, 5.74) is 4.23. The molecule has 0 fully saturated rings. The first-order valence-electron chi connectivity index (χ1n) is 16.5. The van der Waals surface area contributed by atoms with Crippen LogP contribution in [-0.2, 0) is 37.0 Å². The summed E-state index contributed by atoms with van der Waals surface area (Å²) >= 11 is 3.41. The standard InChI is InChI=1S/C18H33NO3Si.C13H22BrNO2Si.C5H10O/c1-14-8-9-15(19-16(14)17(20)18(2,3)4)12-22-13-21-10-11-23(5,6)7;1-11-5-6-12(15-13(11)14)9-17-10-16-7-8-18(2,3)4;1-5(2,3)4-6/h8-9,17,20H,10-13H2,1-7H3;5-6H,7-10H2,1-4H3;4H,1-3H3. The van der Waals surface area contributed by atoms with E-state index in [0.29, 0.717) is 20.0 Å². The number of aryl methyl sites for hydroxylation is 2. The van der Waals surface area contributed by atoms with Crippen LogP contribution in [0.1, 0.15) is 75.9 Å². The van der Waals surface area contributed by atoms with Crippen molar-refractivity contribution >= 4 is 38.4 Å². The Hall–Kier alpha value is -1.32. The number of ether oxygens (including phenoxy) is 4. The number of carbonyl (C=O) groups excluding carboxylic acids is 1. The van der Waals surface area contributed by atoms with Crippen LogP contribution in [0.5, 0.6) is 0 Å². The second-order valence-corrected chi connectivity index (χ2v) is 28.5. The van der Waals surface area contributed by atoms with Crippen LogP contribution in [0.2, 0.25) is 51.4 Å². The maximum absolute atomic E-state index is 10.5. The molecule has 0 aromatic carbocycles. The SMILES string of the molecule is CC(C)(C)C=O.Cc1ccc(COCOCC[Si](C)(C)C)nc1Br.Cc1ccc(COCOCC[Si](C)(C)C)nc1C(O)C(C)(C)C. The van der Waals surface area contributed by atoms with E-state index < -0.39 is 22.3 Å². The van der Waals surface area contributed by atoms with Crippen LogP contribution in [0.4, 0.5) is 0 Å². The molecule has 2 aromatic heterocycles. The van der Waals surface area contributed by atoms with Crippen LogP contribution < -0.4 is 0 Å². The largest absolute Gasteiger partial charge is 0.386 e. The Balaban J connectivity index is 0.000000782. The maximum atomic E-state index is 10.5. The van der Waals surface area contributed by atoms with Crippen LogP contribution in [-0.4, -0.2) is 64.3 Å². The summed E-state index contributed by atoms with van der Waals surface area (Å²) in [4.78, 5) is 18.8. The Morgan fingerprint density at radius 3 is 1.51 bits per heavy atom. The quantitative estimate of drug-likeness (QED) is 0.0631. The van der Waals surface area contributed by atoms with Gasteiger partial charge in [-0.15, -0.1) is 0 Å². The lowest BCUT2D eigenvalue weighted by atomic mass is 9.85. The van der Waals surface area contributed by atoms with Crippen molar-refractivity contribution in [3.8, 4) is 0 Å². The molecule has 270 valence electrons. The average molecular weight is 758 g/mol. The van der Waals surface area contributed by atoms with Crippen LogP contribution in [0.25, 0.3) is 0 Å². The molecule has 0 aliphatic carbocycles. The highest BCUT2D eigenvalue weighted by molar-refractivity contribution is 9.10. The lowest BCUT2D eigenvalue weighted by Gasteiger charge is -2.26. The van der Waals surface area contributed by atoms with Gasteiger partial charge in [-0.05, 0) is 70.5 Å². The number of hydrogen-bond donors (Lipinski definition) is 1. The predicted octanol–water partition coefficient (Wildman–Crippen LogP) is 9.51. The number of carbonyl (C=O) groups is 1. The minimum Gasteiger partial charge on any atom is -0.386 e. The number of halogens is 1. The summed E-state index contributed by atoms with van der Waals surface area (Å²) in [5.74, 6) is 0. The smallest absolute Gasteiger partial charge is 0.147 e. The van der Waals surface area contributed by atoms with Gasteiger partial charge in [0.25, 0.3) is 0 Å². The Morgan fingerprint density at radius 1 is 0.745 bits per heavy atom. The van der Waals surface area contributed by atoms with Gasteiger partial charge in [0.05, 0.1) is 30.3 Å². The molecule has 2 aromatic rings. The Kier molecular flexibility index (Phi) is 21.1. The number of pyridine rings is 2. The number of aldehydes is 1. The normalized spacial score (nSPS) is 12.9. The van der Waals surface area contributed by atoms with Crippen molar-refractivity contribution in [2.24, 2.45) is 10.8 Å². The molecule has 0 amide bonds. The highest BCUT2D eigenvalue weighted by Crippen LogP contribution is 2.33. The number of hydrogen-bond acceptors (Lipinski definition) is 8. The van der Waals surface area contributed by atoms with Crippen LogP contribution in [0.15, 0.2) is 28.9 Å². The van der Waals surface area contributed by atoms with Gasteiger partial charge in [0.15, 0.2) is 0 Å². The van der Waals surface area contributed by atoms with Gasteiger partial charge in [-0.2, -0.15) is 0 Å². The van der Waals surface area contributed by atoms with Gasteiger partial charge in [-0.1, -0.05) is 93.0 Å². The molecular weight excluding hydrogens is 692 g/mol. The third-order valence-electron chi connectivity index (χ3n) is 6.55. The zero-order valence-electron chi connectivity index (χ0n) is 31.9. The van der Waals surface area contributed by atoms with Crippen LogP contribution in [0, 0.1) is 24.7 Å². The fourth-order valence-electron chi connectivity index (χ4n) is 3.26. The van der Waals surface area contributed by atoms with Crippen molar-refractivity contribution in [1.82, 2.24) is 9.97 Å². The summed E-state index contributed by atoms with van der Waals surface area (Å²) in [5, 5.41) is 10.5. The number of aliphatic hydroxyl groups is 1. The van der Waals surface area contributed by atoms with Crippen LogP contribution >= 0.6 is 15.9 Å². The molecule has 0 radical (unpaired) electrons. The van der Waals surface area contributed by atoms with E-state index in [2.05, 4.69) is 65.2 Å². The van der Waals surface area contributed by atoms with Crippen molar-refractivity contribution in [2.45, 2.75) is 126 Å². The molecule has 0 saturated carbocycles. The van der Waals surface area contributed by atoms with E-state index in [4.69, 9.17) is 18.9 Å². The predicted molar refractivity (Wildman–Crippen MR) is 203 cm³/mol. The van der Waals surface area contributed by atoms with Gasteiger partial charge in [0, 0.05) is 34.8 Å². The summed E-state index contributed by atoms with van der Waals surface area (Å²) in [7, 11) is -2.04. The molecule has 0 aliphatic heterocycles. The molecule has 0 aliphatic rings. The van der Waals surface area contributed by atoms with Crippen molar-refractivity contribution in [3.05, 3.63) is 57.1 Å². The summed E-state index contributed by atoms with van der Waals surface area (Å²) in [6.45, 7) is 32.7. The van der Waals surface area contributed by atoms with Gasteiger partial charge < -0.3 is 28.8 Å². The van der Waals surface area contributed by atoms with Gasteiger partial charge >= 0.3 is 0 Å². The number of aromatic nitrogens is 2. The fraction of sp³-hybridized carbons (Fsp3) is 0.694. The molecule has 11 heteroatoms. The lowest BCUT2D eigenvalue weighted by Crippen LogP contribution is -2.22. The number of aliphatic hydroxyl groups excluding tert-OH is 1.